The Bertz CT molecular complexity index is 444. The van der Waals surface area contributed by atoms with E-state index in [1.807, 2.05) is 0 Å². The van der Waals surface area contributed by atoms with Crippen molar-refractivity contribution in [3.05, 3.63) is 22.2 Å². The molecule has 0 fully saturated rings. The molecule has 0 bridgehead atoms. The van der Waals surface area contributed by atoms with Gasteiger partial charge < -0.3 is 19.7 Å². The highest BCUT2D eigenvalue weighted by Crippen LogP contribution is 2.41. The number of benzene rings is 1. The lowest BCUT2D eigenvalue weighted by molar-refractivity contribution is -0.150. The van der Waals surface area contributed by atoms with E-state index in [2.05, 4.69) is 4.74 Å². The number of aliphatic hydroxyl groups is 1. The summed E-state index contributed by atoms with van der Waals surface area (Å²) in [7, 11) is 2.53. The Hall–Kier alpha value is -1.46. The molecule has 0 spiro atoms. The number of hydrogen-bond donors (Lipinski definition) is 2. The molecule has 1 rings (SSSR count). The SMILES string of the molecule is COC(=O)C(O)c1c(C)cc(OC)c(O)c1Cl. The van der Waals surface area contributed by atoms with E-state index in [1.54, 1.807) is 6.92 Å². The number of carbonyl (C=O) groups is 1. The van der Waals surface area contributed by atoms with Crippen LogP contribution in [0.5, 0.6) is 11.5 Å². The van der Waals surface area contributed by atoms with Gasteiger partial charge in [0.25, 0.3) is 0 Å². The third-order valence-electron chi connectivity index (χ3n) is 2.37. The maximum atomic E-state index is 11.2. The van der Waals surface area contributed by atoms with Crippen molar-refractivity contribution in [2.24, 2.45) is 0 Å². The molecule has 0 heterocycles. The van der Waals surface area contributed by atoms with Crippen molar-refractivity contribution in [1.29, 1.82) is 0 Å². The predicted octanol–water partition coefficient (Wildman–Crippen LogP) is 1.57. The van der Waals surface area contributed by atoms with Crippen LogP contribution in [0, 0.1) is 6.92 Å². The molecule has 0 aliphatic rings. The molecular formula is C11H13ClO5. The monoisotopic (exact) mass is 260 g/mol. The first-order valence-corrected chi connectivity index (χ1v) is 5.13. The molecule has 0 amide bonds. The third-order valence-corrected chi connectivity index (χ3v) is 2.75. The number of carbonyl (C=O) groups excluding carboxylic acids is 1. The van der Waals surface area contributed by atoms with Crippen LogP contribution in [0.1, 0.15) is 17.2 Å². The number of aliphatic hydroxyl groups excluding tert-OH is 1. The first-order valence-electron chi connectivity index (χ1n) is 4.75. The van der Waals surface area contributed by atoms with Gasteiger partial charge in [-0.1, -0.05) is 11.6 Å². The Balaban J connectivity index is 3.35. The van der Waals surface area contributed by atoms with Crippen LogP contribution in [0.3, 0.4) is 0 Å². The van der Waals surface area contributed by atoms with Crippen LogP contribution in [-0.4, -0.2) is 30.4 Å². The second-order valence-electron chi connectivity index (χ2n) is 3.40. The molecule has 1 atom stereocenters. The van der Waals surface area contributed by atoms with Crippen LogP contribution in [0.2, 0.25) is 5.02 Å². The minimum Gasteiger partial charge on any atom is -0.503 e. The molecule has 1 unspecified atom stereocenters. The molecule has 17 heavy (non-hydrogen) atoms. The van der Waals surface area contributed by atoms with Crippen molar-refractivity contribution < 1.29 is 24.5 Å². The number of halogens is 1. The molecule has 6 heteroatoms. The van der Waals surface area contributed by atoms with Gasteiger partial charge in [-0.3, -0.25) is 0 Å². The molecule has 0 aliphatic heterocycles. The highest BCUT2D eigenvalue weighted by Gasteiger charge is 2.26. The van der Waals surface area contributed by atoms with E-state index < -0.39 is 12.1 Å². The van der Waals surface area contributed by atoms with Crippen LogP contribution in [0.25, 0.3) is 0 Å². The van der Waals surface area contributed by atoms with Gasteiger partial charge in [0.15, 0.2) is 17.6 Å². The largest absolute Gasteiger partial charge is 0.503 e. The second-order valence-corrected chi connectivity index (χ2v) is 3.78. The number of phenols is 1. The van der Waals surface area contributed by atoms with Crippen molar-refractivity contribution in [3.8, 4) is 11.5 Å². The summed E-state index contributed by atoms with van der Waals surface area (Å²) in [6, 6.07) is 1.47. The summed E-state index contributed by atoms with van der Waals surface area (Å²) in [5.41, 5.74) is 0.624. The fraction of sp³-hybridized carbons (Fsp3) is 0.364. The van der Waals surface area contributed by atoms with Crippen molar-refractivity contribution in [2.45, 2.75) is 13.0 Å². The fourth-order valence-corrected chi connectivity index (χ4v) is 1.82. The van der Waals surface area contributed by atoms with E-state index in [1.165, 1.54) is 13.2 Å². The lowest BCUT2D eigenvalue weighted by atomic mass is 10.0. The van der Waals surface area contributed by atoms with E-state index in [0.717, 1.165) is 7.11 Å². The van der Waals surface area contributed by atoms with Gasteiger partial charge in [0.1, 0.15) is 0 Å². The van der Waals surface area contributed by atoms with Gasteiger partial charge in [-0.25, -0.2) is 4.79 Å². The van der Waals surface area contributed by atoms with Gasteiger partial charge in [0.2, 0.25) is 0 Å². The van der Waals surface area contributed by atoms with E-state index in [-0.39, 0.29) is 22.1 Å². The number of aryl methyl sites for hydroxylation is 1. The predicted molar refractivity (Wildman–Crippen MR) is 61.4 cm³/mol. The van der Waals surface area contributed by atoms with Crippen LogP contribution >= 0.6 is 11.6 Å². The number of rotatable bonds is 3. The lowest BCUT2D eigenvalue weighted by Crippen LogP contribution is -2.15. The Morgan fingerprint density at radius 1 is 1.47 bits per heavy atom. The minimum atomic E-state index is -1.54. The summed E-state index contributed by atoms with van der Waals surface area (Å²) >= 11 is 5.88. The van der Waals surface area contributed by atoms with Gasteiger partial charge in [-0.15, -0.1) is 0 Å². The Kier molecular flexibility index (Phi) is 4.20. The molecule has 0 aliphatic carbocycles. The topological polar surface area (TPSA) is 76.0 Å². The number of ether oxygens (including phenoxy) is 2. The van der Waals surface area contributed by atoms with E-state index >= 15 is 0 Å². The molecule has 0 saturated carbocycles. The summed E-state index contributed by atoms with van der Waals surface area (Å²) in [5, 5.41) is 19.3. The molecule has 1 aromatic rings. The zero-order valence-corrected chi connectivity index (χ0v) is 10.4. The van der Waals surface area contributed by atoms with Crippen LogP contribution < -0.4 is 4.74 Å². The van der Waals surface area contributed by atoms with Crippen molar-refractivity contribution in [3.63, 3.8) is 0 Å². The van der Waals surface area contributed by atoms with Crippen LogP contribution in [0.15, 0.2) is 6.07 Å². The smallest absolute Gasteiger partial charge is 0.339 e. The first-order chi connectivity index (χ1) is 7.93. The first kappa shape index (κ1) is 13.6. The maximum Gasteiger partial charge on any atom is 0.339 e. The van der Waals surface area contributed by atoms with Gasteiger partial charge in [0, 0.05) is 5.56 Å². The standard InChI is InChI=1S/C11H13ClO5/c1-5-4-6(16-2)9(13)8(12)7(5)10(14)11(15)17-3/h4,10,13-14H,1-3H3. The Morgan fingerprint density at radius 3 is 2.53 bits per heavy atom. The maximum absolute atomic E-state index is 11.2. The molecule has 0 aromatic heterocycles. The molecular weight excluding hydrogens is 248 g/mol. The van der Waals surface area contributed by atoms with Gasteiger partial charge in [0.05, 0.1) is 19.2 Å². The number of esters is 1. The highest BCUT2D eigenvalue weighted by molar-refractivity contribution is 6.33. The number of methoxy groups -OCH3 is 2. The van der Waals surface area contributed by atoms with Crippen molar-refractivity contribution in [1.82, 2.24) is 0 Å². The quantitative estimate of drug-likeness (QED) is 0.807. The molecule has 0 saturated heterocycles. The second kappa shape index (κ2) is 5.25. The fourth-order valence-electron chi connectivity index (χ4n) is 1.47. The molecule has 2 N–H and O–H groups in total. The van der Waals surface area contributed by atoms with Crippen molar-refractivity contribution >= 4 is 17.6 Å². The minimum absolute atomic E-state index is 0.108. The number of aromatic hydroxyl groups is 1. The van der Waals surface area contributed by atoms with E-state index in [0.29, 0.717) is 5.56 Å². The third kappa shape index (κ3) is 2.45. The summed E-state index contributed by atoms with van der Waals surface area (Å²) in [4.78, 5) is 11.2. The average molecular weight is 261 g/mol. The van der Waals surface area contributed by atoms with Crippen molar-refractivity contribution in [2.75, 3.05) is 14.2 Å². The van der Waals surface area contributed by atoms with E-state index in [9.17, 15) is 15.0 Å². The Morgan fingerprint density at radius 2 is 2.06 bits per heavy atom. The number of hydrogen-bond acceptors (Lipinski definition) is 5. The number of phenolic OH excluding ortho intramolecular Hbond substituents is 1. The highest BCUT2D eigenvalue weighted by atomic mass is 35.5. The zero-order chi connectivity index (χ0) is 13.2. The van der Waals surface area contributed by atoms with Gasteiger partial charge in [-0.05, 0) is 18.6 Å². The molecule has 0 radical (unpaired) electrons. The van der Waals surface area contributed by atoms with Crippen LogP contribution in [-0.2, 0) is 9.53 Å². The van der Waals surface area contributed by atoms with Gasteiger partial charge in [-0.2, -0.15) is 0 Å². The summed E-state index contributed by atoms with van der Waals surface area (Å²) in [5.74, 6) is -0.995. The van der Waals surface area contributed by atoms with Crippen LogP contribution in [0.4, 0.5) is 0 Å². The zero-order valence-electron chi connectivity index (χ0n) is 9.65. The molecule has 94 valence electrons. The average Bonchev–Trinajstić information content (AvgIpc) is 2.32. The Labute approximate surface area is 104 Å². The molecule has 5 nitrogen and oxygen atoms in total. The summed E-state index contributed by atoms with van der Waals surface area (Å²) in [6.45, 7) is 1.63. The van der Waals surface area contributed by atoms with E-state index in [4.69, 9.17) is 16.3 Å². The van der Waals surface area contributed by atoms with Gasteiger partial charge >= 0.3 is 5.97 Å². The lowest BCUT2D eigenvalue weighted by Gasteiger charge is -2.16. The normalized spacial score (nSPS) is 12.1. The summed E-state index contributed by atoms with van der Waals surface area (Å²) < 4.78 is 9.31. The molecule has 1 aromatic carbocycles. The summed E-state index contributed by atoms with van der Waals surface area (Å²) in [6.07, 6.45) is -1.54.